The Morgan fingerprint density at radius 1 is 1.03 bits per heavy atom. The van der Waals surface area contributed by atoms with E-state index in [1.54, 1.807) is 19.2 Å². The molecule has 34 heavy (non-hydrogen) atoms. The van der Waals surface area contributed by atoms with Crippen molar-refractivity contribution in [3.8, 4) is 11.8 Å². The zero-order valence-corrected chi connectivity index (χ0v) is 19.6. The van der Waals surface area contributed by atoms with Gasteiger partial charge in [0.25, 0.3) is 5.91 Å². The number of ether oxygens (including phenoxy) is 1. The molecule has 0 atom stereocenters. The largest absolute Gasteiger partial charge is 0.497 e. The van der Waals surface area contributed by atoms with Crippen molar-refractivity contribution in [1.82, 2.24) is 4.31 Å². The Balaban J connectivity index is 1.54. The number of nitriles is 1. The minimum Gasteiger partial charge on any atom is -0.497 e. The van der Waals surface area contributed by atoms with E-state index in [-0.39, 0.29) is 10.5 Å². The fraction of sp³-hybridized carbons (Fsp3) is 0.231. The molecule has 8 heteroatoms. The van der Waals surface area contributed by atoms with Gasteiger partial charge in [-0.05, 0) is 71.7 Å². The number of piperidine rings is 1. The normalized spacial score (nSPS) is 15.0. The highest BCUT2D eigenvalue weighted by molar-refractivity contribution is 7.89. The third-order valence-electron chi connectivity index (χ3n) is 5.79. The Labute approximate surface area is 199 Å². The number of carbonyl (C=O) groups is 1. The first-order chi connectivity index (χ1) is 16.4. The summed E-state index contributed by atoms with van der Waals surface area (Å²) in [5.74, 6) is 0.141. The zero-order valence-electron chi connectivity index (χ0n) is 18.8. The monoisotopic (exact) mass is 475 g/mol. The average Bonchev–Trinajstić information content (AvgIpc) is 2.87. The first-order valence-electron chi connectivity index (χ1n) is 11.0. The first kappa shape index (κ1) is 23.5. The topological polar surface area (TPSA) is 99.5 Å². The van der Waals surface area contributed by atoms with Crippen LogP contribution in [-0.2, 0) is 14.8 Å². The van der Waals surface area contributed by atoms with Crippen LogP contribution in [0, 0.1) is 11.3 Å². The van der Waals surface area contributed by atoms with E-state index in [4.69, 9.17) is 4.74 Å². The SMILES string of the molecule is COc1ccc2cc(/C=C(\C#N)C(=O)Nc3cccc(S(=O)(=O)N4CCCCC4)c3)ccc2c1. The maximum atomic E-state index is 12.9. The maximum Gasteiger partial charge on any atom is 0.266 e. The first-order valence-corrected chi connectivity index (χ1v) is 12.5. The lowest BCUT2D eigenvalue weighted by molar-refractivity contribution is -0.112. The Kier molecular flexibility index (Phi) is 6.96. The summed E-state index contributed by atoms with van der Waals surface area (Å²) in [6.07, 6.45) is 4.21. The number of rotatable bonds is 6. The van der Waals surface area contributed by atoms with Gasteiger partial charge in [-0.3, -0.25) is 4.79 Å². The Morgan fingerprint density at radius 3 is 2.50 bits per heavy atom. The van der Waals surface area contributed by atoms with Crippen molar-refractivity contribution in [3.05, 3.63) is 71.8 Å². The second-order valence-electron chi connectivity index (χ2n) is 8.09. The second-order valence-corrected chi connectivity index (χ2v) is 10.0. The molecule has 0 radical (unpaired) electrons. The average molecular weight is 476 g/mol. The zero-order chi connectivity index (χ0) is 24.1. The van der Waals surface area contributed by atoms with Crippen LogP contribution in [0.1, 0.15) is 24.8 Å². The molecule has 1 N–H and O–H groups in total. The highest BCUT2D eigenvalue weighted by atomic mass is 32.2. The number of nitrogens with zero attached hydrogens (tertiary/aromatic N) is 2. The molecule has 0 aliphatic carbocycles. The molecule has 4 rings (SSSR count). The van der Waals surface area contributed by atoms with E-state index in [0.29, 0.717) is 24.3 Å². The van der Waals surface area contributed by atoms with E-state index in [9.17, 15) is 18.5 Å². The van der Waals surface area contributed by atoms with Crippen LogP contribution in [0.4, 0.5) is 5.69 Å². The van der Waals surface area contributed by atoms with Crippen LogP contribution in [0.25, 0.3) is 16.8 Å². The lowest BCUT2D eigenvalue weighted by Crippen LogP contribution is -2.35. The number of sulfonamides is 1. The maximum absolute atomic E-state index is 12.9. The quantitative estimate of drug-likeness (QED) is 0.416. The number of benzene rings is 3. The molecule has 3 aromatic rings. The van der Waals surface area contributed by atoms with Gasteiger partial charge in [0.2, 0.25) is 10.0 Å². The van der Waals surface area contributed by atoms with E-state index in [0.717, 1.165) is 35.8 Å². The van der Waals surface area contributed by atoms with Gasteiger partial charge in [0.15, 0.2) is 0 Å². The highest BCUT2D eigenvalue weighted by Gasteiger charge is 2.26. The third kappa shape index (κ3) is 5.11. The van der Waals surface area contributed by atoms with Gasteiger partial charge in [0.05, 0.1) is 12.0 Å². The number of methoxy groups -OCH3 is 1. The minimum atomic E-state index is -3.63. The van der Waals surface area contributed by atoms with E-state index in [1.165, 1.54) is 22.5 Å². The molecule has 1 aliphatic rings. The molecule has 1 aliphatic heterocycles. The fourth-order valence-corrected chi connectivity index (χ4v) is 5.52. The van der Waals surface area contributed by atoms with Crippen LogP contribution in [0.15, 0.2) is 71.1 Å². The minimum absolute atomic E-state index is 0.0860. The number of nitrogens with one attached hydrogen (secondary N) is 1. The predicted octanol–water partition coefficient (Wildman–Crippen LogP) is 4.57. The standard InChI is InChI=1S/C26H25N3O4S/c1-33-24-11-10-20-14-19(8-9-21(20)16-24)15-22(18-27)26(30)28-23-6-5-7-25(17-23)34(31,32)29-12-3-2-4-13-29/h5-11,14-17H,2-4,12-13H2,1H3,(H,28,30)/b22-15+. The molecule has 1 heterocycles. The molecule has 1 saturated heterocycles. The molecule has 0 saturated carbocycles. The van der Waals surface area contributed by atoms with Crippen LogP contribution in [0.5, 0.6) is 5.75 Å². The molecular weight excluding hydrogens is 450 g/mol. The van der Waals surface area contributed by atoms with Crippen molar-refractivity contribution in [2.75, 3.05) is 25.5 Å². The predicted molar refractivity (Wildman–Crippen MR) is 132 cm³/mol. The Bertz CT molecular complexity index is 1400. The third-order valence-corrected chi connectivity index (χ3v) is 7.69. The number of carbonyl (C=O) groups excluding carboxylic acids is 1. The summed E-state index contributed by atoms with van der Waals surface area (Å²) in [7, 11) is -2.02. The molecular formula is C26H25N3O4S. The van der Waals surface area contributed by atoms with E-state index in [2.05, 4.69) is 5.32 Å². The molecule has 3 aromatic carbocycles. The van der Waals surface area contributed by atoms with Crippen LogP contribution >= 0.6 is 0 Å². The van der Waals surface area contributed by atoms with Crippen molar-refractivity contribution < 1.29 is 17.9 Å². The Morgan fingerprint density at radius 2 is 1.76 bits per heavy atom. The number of hydrogen-bond acceptors (Lipinski definition) is 5. The molecule has 174 valence electrons. The van der Waals surface area contributed by atoms with Crippen LogP contribution < -0.4 is 10.1 Å². The molecule has 1 amide bonds. The highest BCUT2D eigenvalue weighted by Crippen LogP contribution is 2.25. The van der Waals surface area contributed by atoms with Gasteiger partial charge < -0.3 is 10.1 Å². The summed E-state index contributed by atoms with van der Waals surface area (Å²) >= 11 is 0. The summed E-state index contributed by atoms with van der Waals surface area (Å²) in [4.78, 5) is 12.9. The number of hydrogen-bond donors (Lipinski definition) is 1. The summed E-state index contributed by atoms with van der Waals surface area (Å²) in [5, 5.41) is 14.1. The van der Waals surface area contributed by atoms with E-state index in [1.807, 2.05) is 42.5 Å². The van der Waals surface area contributed by atoms with Gasteiger partial charge in [0.1, 0.15) is 17.4 Å². The summed E-state index contributed by atoms with van der Waals surface area (Å²) in [6, 6.07) is 19.3. The van der Waals surface area contributed by atoms with Gasteiger partial charge in [0, 0.05) is 18.8 Å². The molecule has 0 spiro atoms. The second kappa shape index (κ2) is 10.1. The van der Waals surface area contributed by atoms with Gasteiger partial charge in [-0.1, -0.05) is 30.7 Å². The van der Waals surface area contributed by atoms with Gasteiger partial charge in [-0.2, -0.15) is 9.57 Å². The van der Waals surface area contributed by atoms with Crippen molar-refractivity contribution in [2.45, 2.75) is 24.2 Å². The van der Waals surface area contributed by atoms with Crippen molar-refractivity contribution in [1.29, 1.82) is 5.26 Å². The Hall–Kier alpha value is -3.67. The van der Waals surface area contributed by atoms with E-state index < -0.39 is 15.9 Å². The van der Waals surface area contributed by atoms with Gasteiger partial charge in [-0.15, -0.1) is 0 Å². The van der Waals surface area contributed by atoms with Crippen LogP contribution in [-0.4, -0.2) is 38.8 Å². The molecule has 1 fully saturated rings. The summed E-state index contributed by atoms with van der Waals surface area (Å²) in [5.41, 5.74) is 0.929. The van der Waals surface area contributed by atoms with Crippen molar-refractivity contribution in [3.63, 3.8) is 0 Å². The van der Waals surface area contributed by atoms with Crippen LogP contribution in [0.2, 0.25) is 0 Å². The number of amides is 1. The van der Waals surface area contributed by atoms with Gasteiger partial charge >= 0.3 is 0 Å². The summed E-state index contributed by atoms with van der Waals surface area (Å²) < 4.78 is 32.6. The van der Waals surface area contributed by atoms with E-state index >= 15 is 0 Å². The summed E-state index contributed by atoms with van der Waals surface area (Å²) in [6.45, 7) is 0.998. The lowest BCUT2D eigenvalue weighted by Gasteiger charge is -2.26. The van der Waals surface area contributed by atoms with Crippen molar-refractivity contribution >= 4 is 38.5 Å². The fourth-order valence-electron chi connectivity index (χ4n) is 3.96. The molecule has 0 bridgehead atoms. The smallest absolute Gasteiger partial charge is 0.266 e. The molecule has 0 unspecified atom stereocenters. The van der Waals surface area contributed by atoms with Gasteiger partial charge in [-0.25, -0.2) is 8.42 Å². The number of anilines is 1. The molecule has 0 aromatic heterocycles. The van der Waals surface area contributed by atoms with Crippen molar-refractivity contribution in [2.24, 2.45) is 0 Å². The van der Waals surface area contributed by atoms with Crippen LogP contribution in [0.3, 0.4) is 0 Å². The molecule has 7 nitrogen and oxygen atoms in total. The number of fused-ring (bicyclic) bond motifs is 1. The lowest BCUT2D eigenvalue weighted by atomic mass is 10.0.